The molecule has 4 rings (SSSR count). The number of hydrogen-bond donors (Lipinski definition) is 0. The molecular weight excluding hydrogens is 365 g/mol. The van der Waals surface area contributed by atoms with Crippen molar-refractivity contribution < 1.29 is 13.2 Å². The minimum atomic E-state index is -0.881. The summed E-state index contributed by atoms with van der Waals surface area (Å²) in [4.78, 5) is 1.19. The summed E-state index contributed by atoms with van der Waals surface area (Å²) in [6.45, 7) is 2.11. The van der Waals surface area contributed by atoms with Crippen LogP contribution in [0.15, 0.2) is 60.7 Å². The van der Waals surface area contributed by atoms with Gasteiger partial charge in [0.2, 0.25) is 0 Å². The lowest BCUT2D eigenvalue weighted by Gasteiger charge is -2.07. The Morgan fingerprint density at radius 1 is 0.741 bits per heavy atom. The normalized spacial score (nSPS) is 11.3. The first-order valence-electron chi connectivity index (χ1n) is 8.83. The van der Waals surface area contributed by atoms with Gasteiger partial charge in [-0.3, -0.25) is 0 Å². The van der Waals surface area contributed by atoms with Crippen LogP contribution in [0.25, 0.3) is 32.3 Å². The molecule has 0 saturated heterocycles. The van der Waals surface area contributed by atoms with Crippen LogP contribution in [0.2, 0.25) is 0 Å². The molecule has 0 fully saturated rings. The second kappa shape index (κ2) is 7.20. The van der Waals surface area contributed by atoms with Gasteiger partial charge >= 0.3 is 0 Å². The van der Waals surface area contributed by atoms with Gasteiger partial charge in [-0.15, -0.1) is 11.3 Å². The minimum Gasteiger partial charge on any atom is -0.205 e. The fraction of sp³-hybridized carbons (Fsp3) is 0.130. The van der Waals surface area contributed by atoms with E-state index >= 15 is 4.39 Å². The lowest BCUT2D eigenvalue weighted by Crippen LogP contribution is -1.87. The molecule has 0 nitrogen and oxygen atoms in total. The summed E-state index contributed by atoms with van der Waals surface area (Å²) in [5.74, 6) is -1.96. The maximum absolute atomic E-state index is 15.0. The third kappa shape index (κ3) is 3.37. The van der Waals surface area contributed by atoms with Crippen molar-refractivity contribution in [2.45, 2.75) is 19.8 Å². The molecule has 0 saturated carbocycles. The van der Waals surface area contributed by atoms with Gasteiger partial charge in [0.15, 0.2) is 11.6 Å². The van der Waals surface area contributed by atoms with Crippen molar-refractivity contribution in [1.82, 2.24) is 0 Å². The van der Waals surface area contributed by atoms with E-state index in [-0.39, 0.29) is 5.82 Å². The van der Waals surface area contributed by atoms with Crippen LogP contribution in [0.5, 0.6) is 0 Å². The predicted octanol–water partition coefficient (Wildman–Crippen LogP) is 7.61. The second-order valence-corrected chi connectivity index (χ2v) is 7.65. The van der Waals surface area contributed by atoms with Crippen molar-refractivity contribution in [3.8, 4) is 22.3 Å². The molecule has 0 aliphatic heterocycles. The van der Waals surface area contributed by atoms with Crippen molar-refractivity contribution in [2.24, 2.45) is 0 Å². The molecule has 4 aromatic rings. The van der Waals surface area contributed by atoms with Crippen LogP contribution in [0.4, 0.5) is 13.2 Å². The van der Waals surface area contributed by atoms with Gasteiger partial charge in [0.25, 0.3) is 0 Å². The molecule has 0 aliphatic carbocycles. The Morgan fingerprint density at radius 3 is 2.15 bits per heavy atom. The van der Waals surface area contributed by atoms with E-state index in [0.29, 0.717) is 15.8 Å². The van der Waals surface area contributed by atoms with Gasteiger partial charge in [-0.05, 0) is 46.7 Å². The quantitative estimate of drug-likeness (QED) is 0.341. The zero-order chi connectivity index (χ0) is 19.0. The van der Waals surface area contributed by atoms with Crippen LogP contribution in [-0.2, 0) is 6.42 Å². The molecule has 27 heavy (non-hydrogen) atoms. The highest BCUT2D eigenvalue weighted by atomic mass is 32.1. The monoisotopic (exact) mass is 382 g/mol. The first-order valence-corrected chi connectivity index (χ1v) is 9.65. The molecule has 1 heterocycles. The van der Waals surface area contributed by atoms with E-state index in [9.17, 15) is 8.78 Å². The number of hydrogen-bond acceptors (Lipinski definition) is 1. The largest absolute Gasteiger partial charge is 0.205 e. The smallest absolute Gasteiger partial charge is 0.159 e. The van der Waals surface area contributed by atoms with Crippen molar-refractivity contribution in [1.29, 1.82) is 0 Å². The number of halogens is 3. The molecule has 0 aliphatic rings. The van der Waals surface area contributed by atoms with Gasteiger partial charge in [-0.25, -0.2) is 13.2 Å². The lowest BCUT2D eigenvalue weighted by atomic mass is 9.99. The molecule has 3 aromatic carbocycles. The summed E-state index contributed by atoms with van der Waals surface area (Å²) < 4.78 is 42.3. The van der Waals surface area contributed by atoms with Crippen LogP contribution in [0.3, 0.4) is 0 Å². The predicted molar refractivity (Wildman–Crippen MR) is 107 cm³/mol. The van der Waals surface area contributed by atoms with E-state index in [1.807, 2.05) is 6.07 Å². The molecule has 0 atom stereocenters. The fourth-order valence-corrected chi connectivity index (χ4v) is 4.43. The molecule has 0 unspecified atom stereocenters. The Morgan fingerprint density at radius 2 is 1.44 bits per heavy atom. The molecule has 0 spiro atoms. The summed E-state index contributed by atoms with van der Waals surface area (Å²) in [6.07, 6.45) is 1.99. The van der Waals surface area contributed by atoms with E-state index in [1.165, 1.54) is 22.3 Å². The van der Waals surface area contributed by atoms with Crippen LogP contribution in [-0.4, -0.2) is 0 Å². The van der Waals surface area contributed by atoms with Crippen LogP contribution in [0, 0.1) is 17.5 Å². The van der Waals surface area contributed by atoms with Gasteiger partial charge in [-0.1, -0.05) is 55.8 Å². The number of rotatable bonds is 4. The maximum Gasteiger partial charge on any atom is 0.159 e. The summed E-state index contributed by atoms with van der Waals surface area (Å²) in [5.41, 5.74) is 2.63. The zero-order valence-electron chi connectivity index (χ0n) is 14.7. The van der Waals surface area contributed by atoms with Gasteiger partial charge in [-0.2, -0.15) is 0 Å². The minimum absolute atomic E-state index is 0.208. The molecule has 0 radical (unpaired) electrons. The first kappa shape index (κ1) is 17.8. The third-order valence-electron chi connectivity index (χ3n) is 4.62. The van der Waals surface area contributed by atoms with Crippen molar-refractivity contribution in [3.63, 3.8) is 0 Å². The molecule has 1 aromatic heterocycles. The Hall–Kier alpha value is -2.59. The Labute approximate surface area is 159 Å². The van der Waals surface area contributed by atoms with E-state index in [2.05, 4.69) is 13.0 Å². The van der Waals surface area contributed by atoms with Crippen molar-refractivity contribution in [3.05, 3.63) is 83.0 Å². The van der Waals surface area contributed by atoms with Crippen LogP contribution in [0.1, 0.15) is 18.2 Å². The molecule has 0 bridgehead atoms. The average molecular weight is 382 g/mol. The number of aryl methyl sites for hydroxylation is 1. The zero-order valence-corrected chi connectivity index (χ0v) is 15.5. The number of benzene rings is 3. The van der Waals surface area contributed by atoms with Gasteiger partial charge in [0.1, 0.15) is 5.82 Å². The van der Waals surface area contributed by atoms with Crippen molar-refractivity contribution >= 4 is 21.4 Å². The number of fused-ring (bicyclic) bond motifs is 1. The first-order chi connectivity index (χ1) is 13.1. The van der Waals surface area contributed by atoms with Gasteiger partial charge < -0.3 is 0 Å². The van der Waals surface area contributed by atoms with E-state index < -0.39 is 11.6 Å². The third-order valence-corrected chi connectivity index (χ3v) is 5.83. The Balaban J connectivity index is 1.71. The highest BCUT2D eigenvalue weighted by Gasteiger charge is 2.13. The molecule has 0 amide bonds. The van der Waals surface area contributed by atoms with Crippen molar-refractivity contribution in [2.75, 3.05) is 0 Å². The standard InChI is InChI=1S/C23H17F3S/c1-2-3-18-12-17-8-10-19(22(26)23(17)27-18)15-6-4-14(5-7-15)16-9-11-20(24)21(25)13-16/h4-13H,2-3H2,1H3. The SMILES string of the molecule is CCCc1cc2ccc(-c3ccc(-c4ccc(F)c(F)c4)cc3)c(F)c2s1. The topological polar surface area (TPSA) is 0 Å². The summed E-state index contributed by atoms with van der Waals surface area (Å²) in [5, 5.41) is 0.933. The molecular formula is C23H17F3S. The summed E-state index contributed by atoms with van der Waals surface area (Å²) >= 11 is 1.51. The van der Waals surface area contributed by atoms with E-state index in [4.69, 9.17) is 0 Å². The van der Waals surface area contributed by atoms with Crippen LogP contribution >= 0.6 is 11.3 Å². The van der Waals surface area contributed by atoms with Crippen LogP contribution < -0.4 is 0 Å². The van der Waals surface area contributed by atoms with Gasteiger partial charge in [0, 0.05) is 10.4 Å². The summed E-state index contributed by atoms with van der Waals surface area (Å²) in [7, 11) is 0. The average Bonchev–Trinajstić information content (AvgIpc) is 3.09. The summed E-state index contributed by atoms with van der Waals surface area (Å²) in [6, 6.07) is 16.8. The highest BCUT2D eigenvalue weighted by molar-refractivity contribution is 7.19. The molecule has 4 heteroatoms. The van der Waals surface area contributed by atoms with E-state index in [0.717, 1.165) is 41.5 Å². The lowest BCUT2D eigenvalue weighted by molar-refractivity contribution is 0.509. The Kier molecular flexibility index (Phi) is 4.75. The molecule has 0 N–H and O–H groups in total. The highest BCUT2D eigenvalue weighted by Crippen LogP contribution is 2.35. The molecule has 136 valence electrons. The number of thiophene rings is 1. The second-order valence-electron chi connectivity index (χ2n) is 6.51. The maximum atomic E-state index is 15.0. The van der Waals surface area contributed by atoms with Gasteiger partial charge in [0.05, 0.1) is 4.70 Å². The van der Waals surface area contributed by atoms with E-state index in [1.54, 1.807) is 30.3 Å². The Bertz CT molecular complexity index is 1110. The fourth-order valence-electron chi connectivity index (χ4n) is 3.23.